The summed E-state index contributed by atoms with van der Waals surface area (Å²) in [6.45, 7) is 34.8. The molecule has 0 N–H and O–H groups in total. The summed E-state index contributed by atoms with van der Waals surface area (Å²) in [7, 11) is -4.66. The van der Waals surface area contributed by atoms with E-state index in [4.69, 9.17) is 22.8 Å². The normalized spacial score (nSPS) is 21.9. The minimum Gasteiger partial charge on any atom is -0.545 e. The minimum absolute atomic E-state index is 0.0484. The van der Waals surface area contributed by atoms with Gasteiger partial charge in [0.25, 0.3) is 0 Å². The quantitative estimate of drug-likeness (QED) is 0.266. The minimum atomic E-state index is -2.17. The van der Waals surface area contributed by atoms with E-state index in [-0.39, 0.29) is 33.4 Å². The Morgan fingerprint density at radius 2 is 1.21 bits per heavy atom. The molecule has 5 nitrogen and oxygen atoms in total. The third-order valence-electron chi connectivity index (χ3n) is 9.52. The topological polar surface area (TPSA) is 46.2 Å². The lowest BCUT2D eigenvalue weighted by atomic mass is 10.0. The van der Waals surface area contributed by atoms with Gasteiger partial charge in [0.05, 0.1) is 13.7 Å². The van der Waals surface area contributed by atoms with E-state index in [1.165, 1.54) is 0 Å². The van der Waals surface area contributed by atoms with Gasteiger partial charge < -0.3 is 22.8 Å². The Morgan fingerprint density at radius 1 is 0.718 bits per heavy atom. The molecule has 39 heavy (non-hydrogen) atoms. The predicted octanol–water partition coefficient (Wildman–Crippen LogP) is 9.45. The van der Waals surface area contributed by atoms with E-state index in [9.17, 15) is 0 Å². The molecular formula is C31H58O5Si3. The molecule has 0 saturated carbocycles. The molecule has 2 rings (SSSR count). The molecule has 0 amide bonds. The van der Waals surface area contributed by atoms with Crippen LogP contribution >= 0.6 is 0 Å². The molecule has 0 bridgehead atoms. The predicted molar refractivity (Wildman–Crippen MR) is 172 cm³/mol. The SMILES string of the molecule is COc1ccc([C@@H]2C=C(O[Si](C)(C)C(C)(C)C)[C@@H](O[Si](C)(C)C(C)(C)C)[C@@H](CO[Si](C)(C)C(C)(C)C)O2)cc1. The van der Waals surface area contributed by atoms with E-state index < -0.39 is 25.0 Å². The fourth-order valence-corrected chi connectivity index (χ4v) is 6.85. The van der Waals surface area contributed by atoms with Gasteiger partial charge in [-0.15, -0.1) is 0 Å². The van der Waals surface area contributed by atoms with Crippen molar-refractivity contribution >= 4 is 25.0 Å². The first-order valence-corrected chi connectivity index (χ1v) is 23.2. The van der Waals surface area contributed by atoms with E-state index in [0.717, 1.165) is 17.1 Å². The zero-order valence-electron chi connectivity index (χ0n) is 27.9. The Labute approximate surface area is 243 Å². The maximum Gasteiger partial charge on any atom is 0.250 e. The molecule has 0 saturated heterocycles. The van der Waals surface area contributed by atoms with Crippen LogP contribution in [0, 0.1) is 0 Å². The van der Waals surface area contributed by atoms with Crippen molar-refractivity contribution in [3.8, 4) is 5.75 Å². The molecule has 1 aliphatic heterocycles. The second kappa shape index (κ2) is 11.8. The molecule has 3 atom stereocenters. The van der Waals surface area contributed by atoms with Crippen molar-refractivity contribution in [2.75, 3.05) is 13.7 Å². The first kappa shape index (κ1) is 34.3. The van der Waals surface area contributed by atoms with Crippen LogP contribution in [0.3, 0.4) is 0 Å². The van der Waals surface area contributed by atoms with Gasteiger partial charge in [-0.2, -0.15) is 0 Å². The largest absolute Gasteiger partial charge is 0.545 e. The van der Waals surface area contributed by atoms with E-state index in [1.54, 1.807) is 7.11 Å². The van der Waals surface area contributed by atoms with Gasteiger partial charge in [0, 0.05) is 0 Å². The number of rotatable bonds is 9. The van der Waals surface area contributed by atoms with Crippen molar-refractivity contribution in [3.63, 3.8) is 0 Å². The molecule has 1 aromatic rings. The molecule has 224 valence electrons. The van der Waals surface area contributed by atoms with Gasteiger partial charge in [-0.05, 0) is 78.2 Å². The van der Waals surface area contributed by atoms with Crippen LogP contribution in [-0.4, -0.2) is 50.9 Å². The Balaban J connectivity index is 2.63. The summed E-state index contributed by atoms with van der Waals surface area (Å²) in [6.07, 6.45) is 1.29. The molecule has 0 aromatic heterocycles. The van der Waals surface area contributed by atoms with Crippen LogP contribution in [0.2, 0.25) is 54.4 Å². The monoisotopic (exact) mass is 594 g/mol. The highest BCUT2D eigenvalue weighted by Gasteiger charge is 2.48. The third kappa shape index (κ3) is 8.32. The van der Waals surface area contributed by atoms with Crippen molar-refractivity contribution in [2.45, 2.75) is 135 Å². The van der Waals surface area contributed by atoms with Crippen LogP contribution in [0.5, 0.6) is 5.75 Å². The average molecular weight is 595 g/mol. The number of methoxy groups -OCH3 is 1. The molecule has 0 radical (unpaired) electrons. The van der Waals surface area contributed by atoms with Crippen molar-refractivity contribution in [3.05, 3.63) is 41.7 Å². The van der Waals surface area contributed by atoms with Gasteiger partial charge in [0.1, 0.15) is 29.8 Å². The number of hydrogen-bond donors (Lipinski definition) is 0. The zero-order chi connectivity index (χ0) is 30.2. The van der Waals surface area contributed by atoms with Crippen LogP contribution in [0.4, 0.5) is 0 Å². The maximum absolute atomic E-state index is 7.16. The fourth-order valence-electron chi connectivity index (χ4n) is 3.50. The highest BCUT2D eigenvalue weighted by Crippen LogP contribution is 2.45. The second-order valence-electron chi connectivity index (χ2n) is 15.7. The highest BCUT2D eigenvalue weighted by molar-refractivity contribution is 6.75. The Kier molecular flexibility index (Phi) is 10.3. The van der Waals surface area contributed by atoms with Gasteiger partial charge in [-0.1, -0.05) is 74.4 Å². The molecule has 1 aromatic carbocycles. The van der Waals surface area contributed by atoms with Crippen LogP contribution < -0.4 is 4.74 Å². The van der Waals surface area contributed by atoms with Crippen LogP contribution in [-0.2, 0) is 18.0 Å². The average Bonchev–Trinajstić information content (AvgIpc) is 2.76. The summed E-state index contributed by atoms with van der Waals surface area (Å²) in [5.74, 6) is 1.73. The summed E-state index contributed by atoms with van der Waals surface area (Å²) >= 11 is 0. The number of hydrogen-bond acceptors (Lipinski definition) is 5. The van der Waals surface area contributed by atoms with E-state index in [2.05, 4.69) is 120 Å². The second-order valence-corrected chi connectivity index (χ2v) is 30.0. The highest BCUT2D eigenvalue weighted by atomic mass is 28.4. The summed E-state index contributed by atoms with van der Waals surface area (Å²) < 4.78 is 33.3. The maximum atomic E-state index is 7.16. The molecule has 0 fully saturated rings. The van der Waals surface area contributed by atoms with Crippen LogP contribution in [0.1, 0.15) is 74.0 Å². The first-order chi connectivity index (χ1) is 17.4. The molecule has 0 unspecified atom stereocenters. The zero-order valence-corrected chi connectivity index (χ0v) is 30.9. The third-order valence-corrected chi connectivity index (χ3v) is 22.8. The van der Waals surface area contributed by atoms with Crippen molar-refractivity contribution < 1.29 is 22.8 Å². The van der Waals surface area contributed by atoms with E-state index in [0.29, 0.717) is 6.61 Å². The number of ether oxygens (including phenoxy) is 2. The van der Waals surface area contributed by atoms with Gasteiger partial charge in [0.2, 0.25) is 8.32 Å². The Hall–Kier alpha value is -0.909. The molecular weight excluding hydrogens is 537 g/mol. The van der Waals surface area contributed by atoms with Crippen molar-refractivity contribution in [2.24, 2.45) is 0 Å². The summed E-state index contributed by atoms with van der Waals surface area (Å²) in [6, 6.07) is 8.12. The molecule has 1 aliphatic rings. The van der Waals surface area contributed by atoms with E-state index >= 15 is 0 Å². The first-order valence-electron chi connectivity index (χ1n) is 14.4. The molecule has 0 spiro atoms. The summed E-state index contributed by atoms with van der Waals surface area (Å²) in [5, 5.41) is 0.201. The Morgan fingerprint density at radius 3 is 1.64 bits per heavy atom. The smallest absolute Gasteiger partial charge is 0.250 e. The molecule has 1 heterocycles. The molecule has 8 heteroatoms. The van der Waals surface area contributed by atoms with Gasteiger partial charge >= 0.3 is 0 Å². The lowest BCUT2D eigenvalue weighted by Crippen LogP contribution is -2.54. The number of benzene rings is 1. The lowest BCUT2D eigenvalue weighted by Gasteiger charge is -2.47. The fraction of sp³-hybridized carbons (Fsp3) is 0.742. The standard InChI is InChI=1S/C31H58O5Si3/c1-29(2,3)37(11,12)33-22-27-28(36-39(15,16)31(7,8)9)26(35-38(13,14)30(4,5)6)21-25(34-27)23-17-19-24(32-10)20-18-23/h17-21,25,27-28H,22H2,1-16H3/t25-,27+,28+/m0/s1. The van der Waals surface area contributed by atoms with Crippen LogP contribution in [0.15, 0.2) is 36.1 Å². The van der Waals surface area contributed by atoms with Gasteiger partial charge in [-0.3, -0.25) is 0 Å². The van der Waals surface area contributed by atoms with Crippen LogP contribution in [0.25, 0.3) is 0 Å². The lowest BCUT2D eigenvalue weighted by molar-refractivity contribution is -0.0907. The van der Waals surface area contributed by atoms with Crippen molar-refractivity contribution in [1.29, 1.82) is 0 Å². The summed E-state index contributed by atoms with van der Waals surface area (Å²) in [5.41, 5.74) is 1.07. The Bertz CT molecular complexity index is 979. The van der Waals surface area contributed by atoms with Gasteiger partial charge in [-0.25, -0.2) is 0 Å². The van der Waals surface area contributed by atoms with Gasteiger partial charge in [0.15, 0.2) is 16.6 Å². The van der Waals surface area contributed by atoms with E-state index in [1.807, 2.05) is 12.1 Å². The van der Waals surface area contributed by atoms with Crippen molar-refractivity contribution in [1.82, 2.24) is 0 Å². The molecule has 0 aliphatic carbocycles. The summed E-state index contributed by atoms with van der Waals surface area (Å²) in [4.78, 5) is 0.